The van der Waals surface area contributed by atoms with Gasteiger partial charge in [-0.05, 0) is 62.5 Å². The maximum atomic E-state index is 15.1. The summed E-state index contributed by atoms with van der Waals surface area (Å²) in [6.07, 6.45) is -2.67. The van der Waals surface area contributed by atoms with Gasteiger partial charge in [0.1, 0.15) is 30.5 Å². The van der Waals surface area contributed by atoms with Crippen molar-refractivity contribution in [2.75, 3.05) is 13.2 Å². The molecule has 200 valence electrons. The van der Waals surface area contributed by atoms with Gasteiger partial charge in [-0.3, -0.25) is 9.59 Å². The second kappa shape index (κ2) is 10.4. The van der Waals surface area contributed by atoms with Gasteiger partial charge in [0.2, 0.25) is 11.8 Å². The summed E-state index contributed by atoms with van der Waals surface area (Å²) in [5, 5.41) is 15.2. The molecular weight excluding hydrogens is 511 g/mol. The van der Waals surface area contributed by atoms with Crippen LogP contribution < -0.4 is 10.6 Å². The summed E-state index contributed by atoms with van der Waals surface area (Å²) in [4.78, 5) is 25.2. The molecule has 3 aliphatic carbocycles. The Labute approximate surface area is 209 Å². The Morgan fingerprint density at radius 2 is 1.86 bits per heavy atom. The monoisotopic (exact) mass is 538 g/mol. The number of halogens is 6. The maximum Gasteiger partial charge on any atom is 0.261 e. The molecular formula is C24H28ClF5N2O4. The molecule has 0 saturated heterocycles. The van der Waals surface area contributed by atoms with E-state index in [0.717, 1.165) is 12.1 Å². The Hall–Kier alpha value is -1.98. The van der Waals surface area contributed by atoms with Gasteiger partial charge in [-0.1, -0.05) is 11.6 Å². The molecule has 2 bridgehead atoms. The molecule has 3 N–H and O–H groups in total. The number of alkyl halides is 3. The van der Waals surface area contributed by atoms with Crippen molar-refractivity contribution in [2.45, 2.75) is 75.2 Å². The fourth-order valence-corrected chi connectivity index (χ4v) is 6.21. The zero-order chi connectivity index (χ0) is 26.3. The smallest absolute Gasteiger partial charge is 0.261 e. The van der Waals surface area contributed by atoms with Crippen LogP contribution >= 0.6 is 11.6 Å². The van der Waals surface area contributed by atoms with Gasteiger partial charge in [0.05, 0.1) is 23.2 Å². The number of benzene rings is 1. The highest BCUT2D eigenvalue weighted by molar-refractivity contribution is 6.30. The molecule has 0 unspecified atom stereocenters. The van der Waals surface area contributed by atoms with Crippen molar-refractivity contribution >= 4 is 23.4 Å². The van der Waals surface area contributed by atoms with Crippen molar-refractivity contribution in [2.24, 2.45) is 11.3 Å². The topological polar surface area (TPSA) is 87.7 Å². The minimum absolute atomic E-state index is 0.0147. The number of aliphatic hydroxyl groups excluding tert-OH is 1. The van der Waals surface area contributed by atoms with Crippen molar-refractivity contribution in [1.82, 2.24) is 10.6 Å². The van der Waals surface area contributed by atoms with Crippen LogP contribution in [0.2, 0.25) is 5.02 Å². The normalized spacial score (nSPS) is 32.2. The number of carbonyl (C=O) groups excluding carboxylic acids is 2. The van der Waals surface area contributed by atoms with Crippen LogP contribution in [0.3, 0.4) is 0 Å². The van der Waals surface area contributed by atoms with E-state index in [-0.39, 0.29) is 37.1 Å². The average Bonchev–Trinajstić information content (AvgIpc) is 3.46. The van der Waals surface area contributed by atoms with Crippen molar-refractivity contribution in [3.63, 3.8) is 0 Å². The van der Waals surface area contributed by atoms with E-state index in [4.69, 9.17) is 11.6 Å². The first kappa shape index (κ1) is 27.1. The molecule has 4 rings (SSSR count). The van der Waals surface area contributed by atoms with E-state index < -0.39 is 83.8 Å². The van der Waals surface area contributed by atoms with Crippen molar-refractivity contribution in [3.8, 4) is 0 Å². The quantitative estimate of drug-likeness (QED) is 0.328. The van der Waals surface area contributed by atoms with Gasteiger partial charge in [0.15, 0.2) is 0 Å². The summed E-state index contributed by atoms with van der Waals surface area (Å²) >= 11 is 5.91. The highest BCUT2D eigenvalue weighted by Crippen LogP contribution is 2.63. The van der Waals surface area contributed by atoms with E-state index in [1.807, 2.05) is 0 Å². The number of fused-ring (bicyclic) bond motifs is 2. The van der Waals surface area contributed by atoms with E-state index in [0.29, 0.717) is 12.8 Å². The van der Waals surface area contributed by atoms with Crippen LogP contribution in [-0.4, -0.2) is 54.4 Å². The number of rotatable bonds is 9. The third-order valence-electron chi connectivity index (χ3n) is 7.80. The van der Waals surface area contributed by atoms with E-state index in [9.17, 15) is 27.9 Å². The standard InChI is InChI=1S/C24H28ClF5N2O4/c25-13-1-2-14(26)19(20(13)29)21(23-3-5-24(30,11-23)6-4-23)32-22(35)12-7-15(16(33)8-12)31-18(34)10-36-9-17(27)28/h1-2,12,15-17,21,33H,3-11H2,(H,31,34)(H,32,35)/t12-,15+,16-,21-,23?,24?/m1/s1. The number of hydrogen-bond acceptors (Lipinski definition) is 4. The van der Waals surface area contributed by atoms with Crippen LogP contribution in [0.4, 0.5) is 22.0 Å². The fourth-order valence-electron chi connectivity index (χ4n) is 6.04. The number of ether oxygens (including phenoxy) is 1. The molecule has 0 radical (unpaired) electrons. The van der Waals surface area contributed by atoms with Crippen LogP contribution in [0.15, 0.2) is 12.1 Å². The molecule has 4 atom stereocenters. The molecule has 2 amide bonds. The highest BCUT2D eigenvalue weighted by atomic mass is 35.5. The Bertz CT molecular complexity index is 1000. The fraction of sp³-hybridized carbons (Fsp3) is 0.667. The van der Waals surface area contributed by atoms with Gasteiger partial charge in [0, 0.05) is 11.5 Å². The number of aliphatic hydroxyl groups is 1. The second-order valence-electron chi connectivity index (χ2n) is 10.2. The first-order chi connectivity index (χ1) is 16.9. The van der Waals surface area contributed by atoms with Crippen LogP contribution in [-0.2, 0) is 14.3 Å². The molecule has 1 aromatic rings. The van der Waals surface area contributed by atoms with Crippen LogP contribution in [0, 0.1) is 23.0 Å². The minimum atomic E-state index is -2.73. The lowest BCUT2D eigenvalue weighted by atomic mass is 9.74. The molecule has 36 heavy (non-hydrogen) atoms. The number of nitrogens with one attached hydrogen (secondary N) is 2. The van der Waals surface area contributed by atoms with Gasteiger partial charge in [-0.2, -0.15) is 0 Å². The number of amides is 2. The molecule has 3 fully saturated rings. The summed E-state index contributed by atoms with van der Waals surface area (Å²) in [7, 11) is 0. The third-order valence-corrected chi connectivity index (χ3v) is 8.09. The van der Waals surface area contributed by atoms with Gasteiger partial charge in [0.25, 0.3) is 6.43 Å². The van der Waals surface area contributed by atoms with E-state index in [1.165, 1.54) is 0 Å². The van der Waals surface area contributed by atoms with Crippen molar-refractivity contribution < 1.29 is 41.4 Å². The number of carbonyl (C=O) groups is 2. The Kier molecular flexibility index (Phi) is 7.83. The predicted molar refractivity (Wildman–Crippen MR) is 119 cm³/mol. The molecule has 1 aromatic carbocycles. The van der Waals surface area contributed by atoms with E-state index in [2.05, 4.69) is 15.4 Å². The third kappa shape index (κ3) is 5.47. The second-order valence-corrected chi connectivity index (χ2v) is 10.6. The molecule has 6 nitrogen and oxygen atoms in total. The highest BCUT2D eigenvalue weighted by Gasteiger charge is 2.59. The van der Waals surface area contributed by atoms with Crippen LogP contribution in [0.1, 0.15) is 56.6 Å². The predicted octanol–water partition coefficient (Wildman–Crippen LogP) is 3.99. The summed E-state index contributed by atoms with van der Waals surface area (Å²) in [6.45, 7) is -1.54. The van der Waals surface area contributed by atoms with Crippen LogP contribution in [0.5, 0.6) is 0 Å². The van der Waals surface area contributed by atoms with Crippen molar-refractivity contribution in [1.29, 1.82) is 0 Å². The molecule has 3 aliphatic rings. The Morgan fingerprint density at radius 1 is 1.17 bits per heavy atom. The Morgan fingerprint density at radius 3 is 2.47 bits per heavy atom. The first-order valence-corrected chi connectivity index (χ1v) is 12.3. The number of hydrogen-bond donors (Lipinski definition) is 3. The van der Waals surface area contributed by atoms with E-state index >= 15 is 8.78 Å². The minimum Gasteiger partial charge on any atom is -0.391 e. The van der Waals surface area contributed by atoms with Gasteiger partial charge < -0.3 is 20.5 Å². The molecule has 0 aliphatic heterocycles. The van der Waals surface area contributed by atoms with Gasteiger partial charge in [-0.25, -0.2) is 22.0 Å². The summed E-state index contributed by atoms with van der Waals surface area (Å²) < 4.78 is 73.9. The van der Waals surface area contributed by atoms with Gasteiger partial charge in [-0.15, -0.1) is 0 Å². The molecule has 12 heteroatoms. The largest absolute Gasteiger partial charge is 0.391 e. The summed E-state index contributed by atoms with van der Waals surface area (Å²) in [6, 6.07) is 0.0681. The average molecular weight is 539 g/mol. The molecule has 0 aromatic heterocycles. The summed E-state index contributed by atoms with van der Waals surface area (Å²) in [5.74, 6) is -4.05. The first-order valence-electron chi connectivity index (χ1n) is 11.9. The van der Waals surface area contributed by atoms with Crippen LogP contribution in [0.25, 0.3) is 0 Å². The lowest BCUT2D eigenvalue weighted by Gasteiger charge is -2.37. The molecule has 0 heterocycles. The molecule has 0 spiro atoms. The molecule has 3 saturated carbocycles. The summed E-state index contributed by atoms with van der Waals surface area (Å²) in [5.41, 5.74) is -2.75. The SMILES string of the molecule is O=C(COCC(F)F)N[C@H]1C[C@@H](C(=O)N[C@H](c2c(F)ccc(Cl)c2F)C23CCC(F)(CC2)C3)C[C@H]1O. The van der Waals surface area contributed by atoms with E-state index in [1.54, 1.807) is 0 Å². The maximum absolute atomic E-state index is 15.1. The van der Waals surface area contributed by atoms with Crippen molar-refractivity contribution in [3.05, 3.63) is 34.4 Å². The lowest BCUT2D eigenvalue weighted by molar-refractivity contribution is -0.129. The zero-order valence-electron chi connectivity index (χ0n) is 19.3. The van der Waals surface area contributed by atoms with Gasteiger partial charge >= 0.3 is 0 Å². The lowest BCUT2D eigenvalue weighted by Crippen LogP contribution is -2.43. The zero-order valence-corrected chi connectivity index (χ0v) is 20.1. The Balaban J connectivity index is 1.49.